The molecule has 3 heterocycles. The molecule has 2 fully saturated rings. The summed E-state index contributed by atoms with van der Waals surface area (Å²) in [5, 5.41) is 10.6. The Kier molecular flexibility index (Phi) is 4.23. The van der Waals surface area contributed by atoms with Gasteiger partial charge < -0.3 is 10.2 Å². The normalized spacial score (nSPS) is 25.5. The van der Waals surface area contributed by atoms with E-state index in [0.29, 0.717) is 24.4 Å². The second kappa shape index (κ2) is 6.13. The third-order valence-corrected chi connectivity index (χ3v) is 4.54. The average molecular weight is 294 g/mol. The van der Waals surface area contributed by atoms with E-state index in [0.717, 1.165) is 45.4 Å². The van der Waals surface area contributed by atoms with Crippen molar-refractivity contribution in [1.82, 2.24) is 9.80 Å². The van der Waals surface area contributed by atoms with Crippen LogP contribution in [0.1, 0.15) is 25.0 Å². The van der Waals surface area contributed by atoms with Gasteiger partial charge in [0.15, 0.2) is 0 Å². The third-order valence-electron chi connectivity index (χ3n) is 4.54. The lowest BCUT2D eigenvalue weighted by atomic mass is 10.0. The van der Waals surface area contributed by atoms with E-state index in [1.54, 1.807) is 6.07 Å². The highest BCUT2D eigenvalue weighted by Gasteiger charge is 2.30. The van der Waals surface area contributed by atoms with E-state index in [1.165, 1.54) is 6.07 Å². The summed E-state index contributed by atoms with van der Waals surface area (Å²) in [4.78, 5) is 15.0. The van der Waals surface area contributed by atoms with Gasteiger partial charge in [-0.2, -0.15) is 0 Å². The van der Waals surface area contributed by atoms with Crippen molar-refractivity contribution in [3.63, 3.8) is 0 Å². The number of hydrogen-bond acceptors (Lipinski definition) is 6. The fourth-order valence-corrected chi connectivity index (χ4v) is 3.31. The van der Waals surface area contributed by atoms with Crippen LogP contribution in [0.4, 0.5) is 5.88 Å². The van der Waals surface area contributed by atoms with Crippen LogP contribution in [0.2, 0.25) is 0 Å². The molecule has 2 N–H and O–H groups in total. The molecule has 116 valence electrons. The number of rotatable bonds is 4. The summed E-state index contributed by atoms with van der Waals surface area (Å²) in [5.41, 5.74) is 5.95. The second-order valence-corrected chi connectivity index (χ2v) is 6.05. The zero-order valence-electron chi connectivity index (χ0n) is 12.1. The maximum atomic E-state index is 10.6. The predicted molar refractivity (Wildman–Crippen MR) is 77.8 cm³/mol. The maximum Gasteiger partial charge on any atom is 0.433 e. The smallest absolute Gasteiger partial charge is 0.404 e. The predicted octanol–water partition coefficient (Wildman–Crippen LogP) is 1.19. The van der Waals surface area contributed by atoms with Gasteiger partial charge in [0, 0.05) is 25.2 Å². The molecule has 21 heavy (non-hydrogen) atoms. The molecule has 0 saturated carbocycles. The van der Waals surface area contributed by atoms with Crippen molar-refractivity contribution in [3.8, 4) is 0 Å². The Labute approximate surface area is 123 Å². The molecule has 7 nitrogen and oxygen atoms in total. The highest BCUT2D eigenvalue weighted by atomic mass is 16.6. The lowest BCUT2D eigenvalue weighted by Gasteiger charge is -2.34. The van der Waals surface area contributed by atoms with Gasteiger partial charge in [0.2, 0.25) is 0 Å². The number of furan rings is 1. The highest BCUT2D eigenvalue weighted by Crippen LogP contribution is 2.23. The second-order valence-electron chi connectivity index (χ2n) is 6.05. The molecule has 7 heteroatoms. The molecule has 2 saturated heterocycles. The van der Waals surface area contributed by atoms with E-state index in [-0.39, 0.29) is 5.88 Å². The van der Waals surface area contributed by atoms with Crippen LogP contribution in [0.5, 0.6) is 0 Å². The third kappa shape index (κ3) is 3.42. The first-order chi connectivity index (χ1) is 10.1. The zero-order valence-corrected chi connectivity index (χ0v) is 12.1. The molecule has 0 bridgehead atoms. The monoisotopic (exact) mass is 294 g/mol. The van der Waals surface area contributed by atoms with E-state index >= 15 is 0 Å². The molecule has 2 aliphatic rings. The van der Waals surface area contributed by atoms with Gasteiger partial charge in [0.25, 0.3) is 0 Å². The molecule has 2 aliphatic heterocycles. The van der Waals surface area contributed by atoms with Crippen LogP contribution in [0, 0.1) is 10.1 Å². The summed E-state index contributed by atoms with van der Waals surface area (Å²) >= 11 is 0. The Hall–Kier alpha value is -1.44. The molecule has 3 rings (SSSR count). The fourth-order valence-electron chi connectivity index (χ4n) is 3.31. The molecule has 1 aromatic heterocycles. The lowest BCUT2D eigenvalue weighted by Crippen LogP contribution is -2.46. The summed E-state index contributed by atoms with van der Waals surface area (Å²) in [6.45, 7) is 4.85. The molecular formula is C14H22N4O3. The Bertz CT molecular complexity index is 496. The van der Waals surface area contributed by atoms with E-state index in [1.807, 2.05) is 0 Å². The van der Waals surface area contributed by atoms with E-state index in [4.69, 9.17) is 10.2 Å². The van der Waals surface area contributed by atoms with Crippen molar-refractivity contribution >= 4 is 5.88 Å². The van der Waals surface area contributed by atoms with Crippen LogP contribution < -0.4 is 5.73 Å². The quantitative estimate of drug-likeness (QED) is 0.662. The molecule has 1 unspecified atom stereocenters. The summed E-state index contributed by atoms with van der Waals surface area (Å²) in [6.07, 6.45) is 3.32. The van der Waals surface area contributed by atoms with Crippen molar-refractivity contribution in [2.24, 2.45) is 5.73 Å². The van der Waals surface area contributed by atoms with Crippen molar-refractivity contribution in [3.05, 3.63) is 28.0 Å². The summed E-state index contributed by atoms with van der Waals surface area (Å²) in [6, 6.07) is 4.07. The van der Waals surface area contributed by atoms with E-state index in [2.05, 4.69) is 9.80 Å². The molecule has 0 radical (unpaired) electrons. The average Bonchev–Trinajstić information content (AvgIpc) is 3.10. The number of piperidine rings is 1. The molecule has 0 aromatic carbocycles. The van der Waals surface area contributed by atoms with Gasteiger partial charge in [-0.05, 0) is 38.4 Å². The van der Waals surface area contributed by atoms with E-state index < -0.39 is 4.92 Å². The minimum absolute atomic E-state index is 0.175. The van der Waals surface area contributed by atoms with E-state index in [9.17, 15) is 10.1 Å². The molecular weight excluding hydrogens is 272 g/mol. The van der Waals surface area contributed by atoms with Gasteiger partial charge in [-0.3, -0.25) is 19.9 Å². The lowest BCUT2D eigenvalue weighted by molar-refractivity contribution is -0.402. The zero-order chi connectivity index (χ0) is 14.8. The van der Waals surface area contributed by atoms with Crippen molar-refractivity contribution < 1.29 is 9.34 Å². The standard InChI is InChI=1S/C14H22N4O3/c15-11-3-7-17(8-4-11)12-5-6-16(9-12)10-13-1-2-14(21-13)18(19)20/h1-2,11-12H,3-10,15H2. The topological polar surface area (TPSA) is 88.8 Å². The van der Waals surface area contributed by atoms with Crippen LogP contribution in [-0.4, -0.2) is 53.0 Å². The first kappa shape index (κ1) is 14.5. The maximum absolute atomic E-state index is 10.6. The molecule has 0 aliphatic carbocycles. The van der Waals surface area contributed by atoms with Crippen molar-refractivity contribution in [1.29, 1.82) is 0 Å². The van der Waals surface area contributed by atoms with Crippen molar-refractivity contribution in [2.45, 2.75) is 37.9 Å². The fraction of sp³-hybridized carbons (Fsp3) is 0.714. The number of likely N-dealkylation sites (tertiary alicyclic amines) is 2. The SMILES string of the molecule is NC1CCN(C2CCN(Cc3ccc([N+](=O)[O-])o3)C2)CC1. The van der Waals surface area contributed by atoms with Gasteiger partial charge in [0.05, 0.1) is 12.6 Å². The minimum atomic E-state index is -0.493. The highest BCUT2D eigenvalue weighted by molar-refractivity contribution is 5.17. The number of nitrogens with two attached hydrogens (primary N) is 1. The van der Waals surface area contributed by atoms with Gasteiger partial charge in [-0.15, -0.1) is 0 Å². The summed E-state index contributed by atoms with van der Waals surface area (Å²) in [5.74, 6) is 0.494. The molecule has 0 spiro atoms. The first-order valence-electron chi connectivity index (χ1n) is 7.57. The molecule has 1 aromatic rings. The van der Waals surface area contributed by atoms with Crippen LogP contribution in [0.25, 0.3) is 0 Å². The van der Waals surface area contributed by atoms with Gasteiger partial charge in [-0.25, -0.2) is 0 Å². The molecule has 0 amide bonds. The summed E-state index contributed by atoms with van der Waals surface area (Å²) in [7, 11) is 0. The van der Waals surface area contributed by atoms with Gasteiger partial charge >= 0.3 is 5.88 Å². The van der Waals surface area contributed by atoms with Crippen LogP contribution >= 0.6 is 0 Å². The van der Waals surface area contributed by atoms with Gasteiger partial charge in [-0.1, -0.05) is 0 Å². The Balaban J connectivity index is 1.51. The Morgan fingerprint density at radius 3 is 2.71 bits per heavy atom. The molecule has 1 atom stereocenters. The Morgan fingerprint density at radius 2 is 2.05 bits per heavy atom. The van der Waals surface area contributed by atoms with Crippen molar-refractivity contribution in [2.75, 3.05) is 26.2 Å². The minimum Gasteiger partial charge on any atom is -0.404 e. The largest absolute Gasteiger partial charge is 0.433 e. The number of nitrogens with zero attached hydrogens (tertiary/aromatic N) is 3. The van der Waals surface area contributed by atoms with Crippen LogP contribution in [-0.2, 0) is 6.54 Å². The Morgan fingerprint density at radius 1 is 1.29 bits per heavy atom. The first-order valence-corrected chi connectivity index (χ1v) is 7.57. The van der Waals surface area contributed by atoms with Crippen LogP contribution in [0.15, 0.2) is 16.5 Å². The summed E-state index contributed by atoms with van der Waals surface area (Å²) < 4.78 is 5.23. The number of nitro groups is 1. The van der Waals surface area contributed by atoms with Gasteiger partial charge in [0.1, 0.15) is 10.7 Å². The number of hydrogen-bond donors (Lipinski definition) is 1. The van der Waals surface area contributed by atoms with Crippen LogP contribution in [0.3, 0.4) is 0 Å².